The fourth-order valence-electron chi connectivity index (χ4n) is 9.56. The van der Waals surface area contributed by atoms with Crippen LogP contribution in [0.3, 0.4) is 0 Å². The van der Waals surface area contributed by atoms with E-state index in [4.69, 9.17) is 0 Å². The Kier molecular flexibility index (Phi) is 11.9. The van der Waals surface area contributed by atoms with Crippen molar-refractivity contribution in [1.82, 2.24) is 15.1 Å². The number of quaternary nitrogens is 1. The lowest BCUT2D eigenvalue weighted by atomic mass is 9.67. The Morgan fingerprint density at radius 3 is 1.90 bits per heavy atom. The number of carbonyl (C=O) groups is 3. The Bertz CT molecular complexity index is 1490. The Balaban J connectivity index is 1.20. The molecule has 0 spiro atoms. The minimum absolute atomic E-state index is 0.0862. The van der Waals surface area contributed by atoms with E-state index in [-0.39, 0.29) is 37.1 Å². The normalized spacial score (nSPS) is 23.3. The number of amides is 3. The monoisotopic (exact) mass is 693 g/mol. The summed E-state index contributed by atoms with van der Waals surface area (Å²) in [6, 6.07) is 28.8. The van der Waals surface area contributed by atoms with Gasteiger partial charge in [0.05, 0.1) is 37.7 Å². The van der Waals surface area contributed by atoms with Crippen molar-refractivity contribution in [3.63, 3.8) is 0 Å². The van der Waals surface area contributed by atoms with Crippen LogP contribution in [0.2, 0.25) is 0 Å². The van der Waals surface area contributed by atoms with E-state index < -0.39 is 23.6 Å². The number of nitrogens with one attached hydrogen (secondary N) is 1. The van der Waals surface area contributed by atoms with Crippen LogP contribution in [0.25, 0.3) is 0 Å². The molecule has 3 saturated heterocycles. The van der Waals surface area contributed by atoms with Crippen molar-refractivity contribution in [1.29, 1.82) is 0 Å². The molecule has 0 saturated carbocycles. The van der Waals surface area contributed by atoms with E-state index in [1.54, 1.807) is 9.80 Å². The van der Waals surface area contributed by atoms with Crippen molar-refractivity contribution in [2.24, 2.45) is 5.92 Å². The minimum Gasteiger partial charge on any atom is -0.391 e. The maximum absolute atomic E-state index is 14.7. The highest BCUT2D eigenvalue weighted by atomic mass is 16.3. The quantitative estimate of drug-likeness (QED) is 0.182. The van der Waals surface area contributed by atoms with Gasteiger partial charge in [-0.3, -0.25) is 14.4 Å². The van der Waals surface area contributed by atoms with Crippen LogP contribution in [-0.2, 0) is 19.8 Å². The number of hydrogen-bond acceptors (Lipinski definition) is 4. The fraction of sp³-hybridized carbons (Fsp3) is 0.512. The molecule has 6 rings (SSSR count). The highest BCUT2D eigenvalue weighted by Crippen LogP contribution is 2.43. The van der Waals surface area contributed by atoms with Gasteiger partial charge in [-0.05, 0) is 55.2 Å². The molecule has 4 atom stereocenters. The third kappa shape index (κ3) is 7.92. The second kappa shape index (κ2) is 16.6. The lowest BCUT2D eigenvalue weighted by Gasteiger charge is -2.44. The van der Waals surface area contributed by atoms with Crippen molar-refractivity contribution < 1.29 is 24.0 Å². The molecule has 3 aliphatic heterocycles. The van der Waals surface area contributed by atoms with E-state index >= 15 is 0 Å². The molecule has 3 aromatic rings. The lowest BCUT2D eigenvalue weighted by Crippen LogP contribution is -2.57. The van der Waals surface area contributed by atoms with Crippen LogP contribution < -0.4 is 5.32 Å². The summed E-state index contributed by atoms with van der Waals surface area (Å²) >= 11 is 0. The number of aliphatic hydroxyl groups is 1. The number of likely N-dealkylation sites (tertiary alicyclic amines) is 3. The number of nitrogens with zero attached hydrogens (tertiary/aromatic N) is 3. The standard InChI is InChI=1S/C43H56N4O4/c1-3-25-47(26-4-2)27-15-16-33(32-47)30-44-41(50)38-23-14-24-45(38)42(51)39-28-37(48)31-46(39)40(49)29-43(34-17-8-5-9-18-34,35-19-10-6-11-20-35)36-21-12-7-13-22-36/h5-13,17-22,33,37-39,48H,3-4,14-16,23-32H2,1-2H3/p+1/t33-,37-,38-,39+/m1/s1. The second-order valence-electron chi connectivity index (χ2n) is 15.3. The maximum Gasteiger partial charge on any atom is 0.246 e. The second-order valence-corrected chi connectivity index (χ2v) is 15.3. The zero-order chi connectivity index (χ0) is 35.8. The fourth-order valence-corrected chi connectivity index (χ4v) is 9.56. The number of β-amino-alcohol motifs (C(OH)–C–C–N with tert-alkyl or cyclic N) is 1. The Morgan fingerprint density at radius 2 is 1.35 bits per heavy atom. The molecule has 0 aromatic heterocycles. The molecule has 51 heavy (non-hydrogen) atoms. The van der Waals surface area contributed by atoms with Crippen LogP contribution in [-0.4, -0.2) is 101 Å². The number of benzene rings is 3. The molecule has 272 valence electrons. The molecule has 8 heteroatoms. The summed E-state index contributed by atoms with van der Waals surface area (Å²) in [7, 11) is 0. The summed E-state index contributed by atoms with van der Waals surface area (Å²) in [5.41, 5.74) is 2.12. The van der Waals surface area contributed by atoms with E-state index in [1.165, 1.54) is 38.9 Å². The van der Waals surface area contributed by atoms with Crippen LogP contribution in [0.1, 0.15) is 81.9 Å². The first-order valence-corrected chi connectivity index (χ1v) is 19.4. The lowest BCUT2D eigenvalue weighted by molar-refractivity contribution is -0.935. The molecule has 3 aromatic carbocycles. The van der Waals surface area contributed by atoms with Gasteiger partial charge in [0, 0.05) is 38.4 Å². The number of carbonyl (C=O) groups excluding carboxylic acids is 3. The van der Waals surface area contributed by atoms with Crippen molar-refractivity contribution in [3.8, 4) is 0 Å². The maximum atomic E-state index is 14.7. The van der Waals surface area contributed by atoms with Crippen molar-refractivity contribution in [3.05, 3.63) is 108 Å². The van der Waals surface area contributed by atoms with Gasteiger partial charge in [0.1, 0.15) is 12.1 Å². The van der Waals surface area contributed by atoms with E-state index in [0.29, 0.717) is 25.4 Å². The number of rotatable bonds is 13. The largest absolute Gasteiger partial charge is 0.391 e. The summed E-state index contributed by atoms with van der Waals surface area (Å²) < 4.78 is 1.15. The Labute approximate surface area is 304 Å². The van der Waals surface area contributed by atoms with Gasteiger partial charge in [0.2, 0.25) is 17.7 Å². The van der Waals surface area contributed by atoms with E-state index in [2.05, 4.69) is 55.6 Å². The third-order valence-corrected chi connectivity index (χ3v) is 11.8. The van der Waals surface area contributed by atoms with E-state index in [1.807, 2.05) is 54.6 Å². The predicted octanol–water partition coefficient (Wildman–Crippen LogP) is 5.53. The van der Waals surface area contributed by atoms with Gasteiger partial charge in [-0.15, -0.1) is 0 Å². The number of hydrogen-bond donors (Lipinski definition) is 2. The van der Waals surface area contributed by atoms with Gasteiger partial charge in [-0.2, -0.15) is 0 Å². The Morgan fingerprint density at radius 1 is 0.784 bits per heavy atom. The molecule has 0 aliphatic carbocycles. The van der Waals surface area contributed by atoms with E-state index in [0.717, 1.165) is 40.6 Å². The highest BCUT2D eigenvalue weighted by Gasteiger charge is 2.47. The summed E-state index contributed by atoms with van der Waals surface area (Å²) in [5, 5.41) is 14.2. The first kappa shape index (κ1) is 36.8. The van der Waals surface area contributed by atoms with Gasteiger partial charge in [0.25, 0.3) is 0 Å². The molecular formula is C43H57N4O4+. The molecule has 2 N–H and O–H groups in total. The molecule has 3 aliphatic rings. The van der Waals surface area contributed by atoms with Crippen LogP contribution in [0.5, 0.6) is 0 Å². The molecule has 3 fully saturated rings. The SMILES string of the molecule is CCC[N+]1(CCC)CCC[C@H](CNC(=O)[C@H]2CCCN2C(=O)[C@@H]2C[C@@H](O)CN2C(=O)CC(c2ccccc2)(c2ccccc2)c2ccccc2)C1. The number of piperidine rings is 1. The molecule has 3 amide bonds. The summed E-state index contributed by atoms with van der Waals surface area (Å²) in [5.74, 6) is -0.0898. The summed E-state index contributed by atoms with van der Waals surface area (Å²) in [6.07, 6.45) is 5.42. The van der Waals surface area contributed by atoms with Gasteiger partial charge < -0.3 is 24.7 Å². The topological polar surface area (TPSA) is 89.9 Å². The molecule has 0 radical (unpaired) electrons. The average molecular weight is 694 g/mol. The molecule has 0 bridgehead atoms. The summed E-state index contributed by atoms with van der Waals surface area (Å²) in [6.45, 7) is 10.4. The van der Waals surface area contributed by atoms with Crippen LogP contribution >= 0.6 is 0 Å². The van der Waals surface area contributed by atoms with Gasteiger partial charge >= 0.3 is 0 Å². The van der Waals surface area contributed by atoms with Crippen LogP contribution in [0.15, 0.2) is 91.0 Å². The third-order valence-electron chi connectivity index (χ3n) is 11.8. The van der Waals surface area contributed by atoms with Crippen LogP contribution in [0.4, 0.5) is 0 Å². The summed E-state index contributed by atoms with van der Waals surface area (Å²) in [4.78, 5) is 46.0. The zero-order valence-corrected chi connectivity index (χ0v) is 30.6. The zero-order valence-electron chi connectivity index (χ0n) is 30.6. The predicted molar refractivity (Wildman–Crippen MR) is 201 cm³/mol. The van der Waals surface area contributed by atoms with Crippen molar-refractivity contribution >= 4 is 17.7 Å². The van der Waals surface area contributed by atoms with Gasteiger partial charge in [0.15, 0.2) is 0 Å². The molecule has 0 unspecified atom stereocenters. The molecule has 8 nitrogen and oxygen atoms in total. The Hall–Kier alpha value is -4.01. The van der Waals surface area contributed by atoms with Crippen molar-refractivity contribution in [2.45, 2.75) is 88.8 Å². The average Bonchev–Trinajstić information content (AvgIpc) is 3.81. The van der Waals surface area contributed by atoms with Crippen molar-refractivity contribution in [2.75, 3.05) is 45.8 Å². The first-order chi connectivity index (χ1) is 24.8. The smallest absolute Gasteiger partial charge is 0.246 e. The molecular weight excluding hydrogens is 636 g/mol. The highest BCUT2D eigenvalue weighted by molar-refractivity contribution is 5.93. The first-order valence-electron chi connectivity index (χ1n) is 19.4. The van der Waals surface area contributed by atoms with Gasteiger partial charge in [-0.1, -0.05) is 105 Å². The molecule has 3 heterocycles. The van der Waals surface area contributed by atoms with E-state index in [9.17, 15) is 19.5 Å². The minimum atomic E-state index is -0.819. The van der Waals surface area contributed by atoms with Crippen LogP contribution in [0, 0.1) is 5.92 Å². The number of aliphatic hydroxyl groups excluding tert-OH is 1. The van der Waals surface area contributed by atoms with Gasteiger partial charge in [-0.25, -0.2) is 0 Å².